The van der Waals surface area contributed by atoms with Crippen molar-refractivity contribution >= 4 is 11.2 Å². The summed E-state index contributed by atoms with van der Waals surface area (Å²) in [6.45, 7) is 0. The summed E-state index contributed by atoms with van der Waals surface area (Å²) in [4.78, 5) is 8.03. The van der Waals surface area contributed by atoms with Crippen LogP contribution >= 0.6 is 0 Å². The molecule has 8 heteroatoms. The number of benzene rings is 1. The van der Waals surface area contributed by atoms with Crippen LogP contribution in [-0.4, -0.2) is 21.3 Å². The smallest absolute Gasteiger partial charge is 0.389 e. The largest absolute Gasteiger partial charge is 0.436 e. The summed E-state index contributed by atoms with van der Waals surface area (Å²) >= 11 is 0. The number of halogens is 3. The van der Waals surface area contributed by atoms with Gasteiger partial charge in [0.05, 0.1) is 11.6 Å². The van der Waals surface area contributed by atoms with Crippen LogP contribution in [0.1, 0.15) is 30.4 Å². The van der Waals surface area contributed by atoms with Gasteiger partial charge in [0.25, 0.3) is 0 Å². The summed E-state index contributed by atoms with van der Waals surface area (Å²) in [5, 5.41) is 19.0. The molecular formula is C17H12F3N3O2. The first kappa shape index (κ1) is 16.9. The molecule has 3 aromatic rings. The number of nitrogens with zero attached hydrogens (tertiary/aromatic N) is 3. The van der Waals surface area contributed by atoms with Gasteiger partial charge in [0.15, 0.2) is 11.2 Å². The lowest BCUT2D eigenvalue weighted by atomic mass is 10.0. The zero-order valence-electron chi connectivity index (χ0n) is 12.8. The number of aliphatic hydroxyl groups is 1. The summed E-state index contributed by atoms with van der Waals surface area (Å²) in [5.74, 6) is -0.211. The van der Waals surface area contributed by atoms with Gasteiger partial charge in [-0.15, -0.1) is 0 Å². The van der Waals surface area contributed by atoms with Gasteiger partial charge in [0.1, 0.15) is 6.10 Å². The fourth-order valence-electron chi connectivity index (χ4n) is 2.38. The molecule has 2 aromatic heterocycles. The third-order valence-electron chi connectivity index (χ3n) is 3.61. The van der Waals surface area contributed by atoms with Crippen LogP contribution in [0.4, 0.5) is 13.2 Å². The summed E-state index contributed by atoms with van der Waals surface area (Å²) in [6, 6.07) is 10.6. The standard InChI is InChI=1S/C17H12F3N3O2/c18-17(19,20)6-5-13(24)16-23-15-14(25-16)7-11(9-22-15)12-4-2-1-3-10(12)8-21/h1-4,7,9,13,24H,5-6H2. The molecule has 1 aromatic carbocycles. The average Bonchev–Trinajstić information content (AvgIpc) is 3.02. The molecule has 1 N–H and O–H groups in total. The number of aromatic nitrogens is 2. The van der Waals surface area contributed by atoms with Crippen LogP contribution in [-0.2, 0) is 0 Å². The van der Waals surface area contributed by atoms with Crippen molar-refractivity contribution in [2.45, 2.75) is 25.1 Å². The Labute approximate surface area is 140 Å². The van der Waals surface area contributed by atoms with E-state index < -0.39 is 25.1 Å². The molecule has 25 heavy (non-hydrogen) atoms. The highest BCUT2D eigenvalue weighted by Gasteiger charge is 2.29. The van der Waals surface area contributed by atoms with Gasteiger partial charge < -0.3 is 9.52 Å². The Morgan fingerprint density at radius 3 is 2.76 bits per heavy atom. The minimum atomic E-state index is -4.36. The second-order valence-corrected chi connectivity index (χ2v) is 5.42. The molecule has 0 aliphatic rings. The van der Waals surface area contributed by atoms with E-state index >= 15 is 0 Å². The molecule has 0 aliphatic carbocycles. The molecule has 0 spiro atoms. The van der Waals surface area contributed by atoms with Gasteiger partial charge in [0.2, 0.25) is 5.89 Å². The van der Waals surface area contributed by atoms with Gasteiger partial charge in [0, 0.05) is 23.7 Å². The first-order chi connectivity index (χ1) is 11.9. The van der Waals surface area contributed by atoms with Crippen molar-refractivity contribution in [1.29, 1.82) is 5.26 Å². The average molecular weight is 347 g/mol. The van der Waals surface area contributed by atoms with Crippen LogP contribution in [0.15, 0.2) is 40.9 Å². The SMILES string of the molecule is N#Cc1ccccc1-c1cnc2nc(C(O)CCC(F)(F)F)oc2c1. The Balaban J connectivity index is 1.91. The van der Waals surface area contributed by atoms with Crippen molar-refractivity contribution in [3.05, 3.63) is 48.0 Å². The first-order valence-electron chi connectivity index (χ1n) is 7.38. The van der Waals surface area contributed by atoms with Crippen LogP contribution in [0.5, 0.6) is 0 Å². The van der Waals surface area contributed by atoms with Crippen molar-refractivity contribution < 1.29 is 22.7 Å². The molecule has 0 fully saturated rings. The van der Waals surface area contributed by atoms with Crippen LogP contribution in [0.25, 0.3) is 22.4 Å². The van der Waals surface area contributed by atoms with Crippen LogP contribution in [0.2, 0.25) is 0 Å². The summed E-state index contributed by atoms with van der Waals surface area (Å²) in [7, 11) is 0. The number of hydrogen-bond donors (Lipinski definition) is 1. The Morgan fingerprint density at radius 2 is 2.04 bits per heavy atom. The number of nitriles is 1. The Kier molecular flexibility index (Phi) is 4.42. The molecule has 1 unspecified atom stereocenters. The highest BCUT2D eigenvalue weighted by molar-refractivity contribution is 5.78. The van der Waals surface area contributed by atoms with Gasteiger partial charge in [-0.1, -0.05) is 18.2 Å². The lowest BCUT2D eigenvalue weighted by molar-refractivity contribution is -0.140. The highest BCUT2D eigenvalue weighted by Crippen LogP contribution is 2.30. The number of aliphatic hydroxyl groups excluding tert-OH is 1. The molecule has 128 valence electrons. The molecule has 0 bridgehead atoms. The highest BCUT2D eigenvalue weighted by atomic mass is 19.4. The summed E-state index contributed by atoms with van der Waals surface area (Å²) in [6.07, 6.45) is -6.01. The van der Waals surface area contributed by atoms with Gasteiger partial charge in [-0.25, -0.2) is 4.98 Å². The number of rotatable bonds is 4. The fourth-order valence-corrected chi connectivity index (χ4v) is 2.38. The van der Waals surface area contributed by atoms with Crippen molar-refractivity contribution in [1.82, 2.24) is 9.97 Å². The van der Waals surface area contributed by atoms with E-state index in [1.54, 1.807) is 30.3 Å². The van der Waals surface area contributed by atoms with E-state index in [0.29, 0.717) is 16.7 Å². The fraction of sp³-hybridized carbons (Fsp3) is 0.235. The van der Waals surface area contributed by atoms with Crippen molar-refractivity contribution in [2.24, 2.45) is 0 Å². The predicted molar refractivity (Wildman–Crippen MR) is 82.2 cm³/mol. The molecule has 0 radical (unpaired) electrons. The second kappa shape index (κ2) is 6.53. The molecule has 0 saturated carbocycles. The number of pyridine rings is 1. The van der Waals surface area contributed by atoms with Crippen molar-refractivity contribution in [3.8, 4) is 17.2 Å². The van der Waals surface area contributed by atoms with Gasteiger partial charge >= 0.3 is 6.18 Å². The molecule has 0 aliphatic heterocycles. The zero-order chi connectivity index (χ0) is 18.0. The van der Waals surface area contributed by atoms with Gasteiger partial charge in [-0.2, -0.15) is 23.4 Å². The van der Waals surface area contributed by atoms with Gasteiger partial charge in [-0.05, 0) is 18.6 Å². The maximum absolute atomic E-state index is 12.2. The molecule has 2 heterocycles. The number of fused-ring (bicyclic) bond motifs is 1. The van der Waals surface area contributed by atoms with E-state index in [0.717, 1.165) is 0 Å². The van der Waals surface area contributed by atoms with E-state index in [-0.39, 0.29) is 17.1 Å². The van der Waals surface area contributed by atoms with E-state index in [9.17, 15) is 18.3 Å². The zero-order valence-corrected chi connectivity index (χ0v) is 12.8. The Hall–Kier alpha value is -2.92. The minimum absolute atomic E-state index is 0.180. The molecule has 1 atom stereocenters. The van der Waals surface area contributed by atoms with E-state index in [1.807, 2.05) is 0 Å². The number of oxazole rings is 1. The predicted octanol–water partition coefficient (Wildman–Crippen LogP) is 4.14. The molecule has 5 nitrogen and oxygen atoms in total. The molecule has 0 saturated heterocycles. The topological polar surface area (TPSA) is 82.9 Å². The third-order valence-corrected chi connectivity index (χ3v) is 3.61. The lowest BCUT2D eigenvalue weighted by Gasteiger charge is -2.08. The second-order valence-electron chi connectivity index (χ2n) is 5.42. The van der Waals surface area contributed by atoms with Crippen LogP contribution in [0.3, 0.4) is 0 Å². The van der Waals surface area contributed by atoms with Crippen molar-refractivity contribution in [2.75, 3.05) is 0 Å². The summed E-state index contributed by atoms with van der Waals surface area (Å²) in [5.41, 5.74) is 2.12. The van der Waals surface area contributed by atoms with Crippen molar-refractivity contribution in [3.63, 3.8) is 0 Å². The van der Waals surface area contributed by atoms with E-state index in [2.05, 4.69) is 16.0 Å². The molecular weight excluding hydrogens is 335 g/mol. The maximum Gasteiger partial charge on any atom is 0.389 e. The van der Waals surface area contributed by atoms with E-state index in [4.69, 9.17) is 9.68 Å². The normalized spacial score (nSPS) is 12.9. The Bertz CT molecular complexity index is 944. The monoisotopic (exact) mass is 347 g/mol. The molecule has 0 amide bonds. The maximum atomic E-state index is 12.2. The number of alkyl halides is 3. The number of hydrogen-bond acceptors (Lipinski definition) is 5. The van der Waals surface area contributed by atoms with Gasteiger partial charge in [-0.3, -0.25) is 0 Å². The summed E-state index contributed by atoms with van der Waals surface area (Å²) < 4.78 is 42.1. The van der Waals surface area contributed by atoms with Crippen LogP contribution in [0, 0.1) is 11.3 Å². The lowest BCUT2D eigenvalue weighted by Crippen LogP contribution is -2.10. The first-order valence-corrected chi connectivity index (χ1v) is 7.38. The molecule has 3 rings (SSSR count). The Morgan fingerprint density at radius 1 is 1.28 bits per heavy atom. The van der Waals surface area contributed by atoms with Crippen LogP contribution < -0.4 is 0 Å². The van der Waals surface area contributed by atoms with E-state index in [1.165, 1.54) is 6.20 Å². The minimum Gasteiger partial charge on any atom is -0.436 e. The third kappa shape index (κ3) is 3.78. The quantitative estimate of drug-likeness (QED) is 0.767.